The lowest BCUT2D eigenvalue weighted by atomic mass is 10.1. The van der Waals surface area contributed by atoms with Crippen LogP contribution in [0.1, 0.15) is 17.2 Å². The molecule has 3 rings (SSSR count). The van der Waals surface area contributed by atoms with Gasteiger partial charge >= 0.3 is 0 Å². The number of nitrogens with one attached hydrogen (secondary N) is 1. The number of morpholine rings is 1. The molecule has 0 saturated carbocycles. The lowest BCUT2D eigenvalue weighted by Crippen LogP contribution is -2.46. The molecular formula is C19H22N2O4S. The van der Waals surface area contributed by atoms with Crippen molar-refractivity contribution in [2.45, 2.75) is 11.9 Å². The van der Waals surface area contributed by atoms with Crippen LogP contribution in [-0.2, 0) is 25.3 Å². The Balaban J connectivity index is 1.54. The van der Waals surface area contributed by atoms with E-state index in [1.54, 1.807) is 29.2 Å². The van der Waals surface area contributed by atoms with E-state index in [1.165, 1.54) is 0 Å². The van der Waals surface area contributed by atoms with Crippen LogP contribution in [0.15, 0.2) is 60.7 Å². The molecule has 26 heavy (non-hydrogen) atoms. The molecule has 0 spiro atoms. The molecule has 1 heterocycles. The summed E-state index contributed by atoms with van der Waals surface area (Å²) in [5, 5.41) is 0. The van der Waals surface area contributed by atoms with Crippen molar-refractivity contribution in [3.8, 4) is 0 Å². The molecular weight excluding hydrogens is 352 g/mol. The van der Waals surface area contributed by atoms with Gasteiger partial charge in [-0.25, -0.2) is 13.1 Å². The third-order valence-corrected chi connectivity index (χ3v) is 5.53. The molecule has 1 aliphatic heterocycles. The van der Waals surface area contributed by atoms with E-state index in [0.29, 0.717) is 25.3 Å². The topological polar surface area (TPSA) is 75.7 Å². The first-order valence-electron chi connectivity index (χ1n) is 8.49. The number of carbonyl (C=O) groups excluding carboxylic acids is 1. The molecule has 0 aliphatic carbocycles. The summed E-state index contributed by atoms with van der Waals surface area (Å²) in [7, 11) is -3.56. The second-order valence-electron chi connectivity index (χ2n) is 6.18. The van der Waals surface area contributed by atoms with Crippen LogP contribution in [0.5, 0.6) is 0 Å². The first kappa shape index (κ1) is 18.6. The van der Waals surface area contributed by atoms with E-state index in [0.717, 1.165) is 5.56 Å². The van der Waals surface area contributed by atoms with Crippen molar-refractivity contribution in [2.75, 3.05) is 26.2 Å². The minimum atomic E-state index is -3.56. The number of hydrogen-bond acceptors (Lipinski definition) is 4. The SMILES string of the molecule is O=C(CNS(=O)(=O)Cc1ccccc1)N1CCOC(c2ccccc2)C1. The van der Waals surface area contributed by atoms with Crippen molar-refractivity contribution < 1.29 is 17.9 Å². The molecule has 1 fully saturated rings. The predicted octanol–water partition coefficient (Wildman–Crippen LogP) is 1.71. The fourth-order valence-electron chi connectivity index (χ4n) is 2.87. The van der Waals surface area contributed by atoms with Crippen LogP contribution in [0.4, 0.5) is 0 Å². The quantitative estimate of drug-likeness (QED) is 0.835. The molecule has 0 bridgehead atoms. The molecule has 1 unspecified atom stereocenters. The normalized spacial score (nSPS) is 17.8. The Morgan fingerprint density at radius 1 is 1.08 bits per heavy atom. The van der Waals surface area contributed by atoms with E-state index >= 15 is 0 Å². The van der Waals surface area contributed by atoms with Gasteiger partial charge in [-0.3, -0.25) is 4.79 Å². The molecule has 1 N–H and O–H groups in total. The minimum absolute atomic E-state index is 0.142. The zero-order chi connectivity index (χ0) is 18.4. The number of nitrogens with zero attached hydrogens (tertiary/aromatic N) is 1. The average molecular weight is 374 g/mol. The van der Waals surface area contributed by atoms with E-state index in [9.17, 15) is 13.2 Å². The second kappa shape index (κ2) is 8.44. The Hall–Kier alpha value is -2.22. The summed E-state index contributed by atoms with van der Waals surface area (Å²) in [5.41, 5.74) is 1.69. The average Bonchev–Trinajstić information content (AvgIpc) is 2.67. The summed E-state index contributed by atoms with van der Waals surface area (Å²) in [5.74, 6) is -0.387. The zero-order valence-electron chi connectivity index (χ0n) is 14.4. The number of amides is 1. The molecule has 0 radical (unpaired) electrons. The van der Waals surface area contributed by atoms with Crippen LogP contribution in [0.2, 0.25) is 0 Å². The van der Waals surface area contributed by atoms with Gasteiger partial charge in [0.25, 0.3) is 0 Å². The number of carbonyl (C=O) groups is 1. The summed E-state index contributed by atoms with van der Waals surface area (Å²) >= 11 is 0. The van der Waals surface area contributed by atoms with Gasteiger partial charge in [-0.15, -0.1) is 0 Å². The maximum atomic E-state index is 12.4. The minimum Gasteiger partial charge on any atom is -0.370 e. The zero-order valence-corrected chi connectivity index (χ0v) is 15.2. The molecule has 2 aromatic rings. The highest BCUT2D eigenvalue weighted by atomic mass is 32.2. The smallest absolute Gasteiger partial charge is 0.237 e. The third kappa shape index (κ3) is 5.14. The monoisotopic (exact) mass is 374 g/mol. The molecule has 1 saturated heterocycles. The second-order valence-corrected chi connectivity index (χ2v) is 7.98. The highest BCUT2D eigenvalue weighted by molar-refractivity contribution is 7.88. The summed E-state index contributed by atoms with van der Waals surface area (Å²) in [4.78, 5) is 14.1. The Bertz CT molecular complexity index is 825. The van der Waals surface area contributed by atoms with Crippen LogP contribution in [0.25, 0.3) is 0 Å². The molecule has 1 atom stereocenters. The van der Waals surface area contributed by atoms with Gasteiger partial charge in [0.1, 0.15) is 6.10 Å². The van der Waals surface area contributed by atoms with Gasteiger partial charge in [-0.2, -0.15) is 0 Å². The first-order valence-corrected chi connectivity index (χ1v) is 10.1. The lowest BCUT2D eigenvalue weighted by Gasteiger charge is -2.33. The number of sulfonamides is 1. The first-order chi connectivity index (χ1) is 12.5. The predicted molar refractivity (Wildman–Crippen MR) is 98.8 cm³/mol. The molecule has 2 aromatic carbocycles. The summed E-state index contributed by atoms with van der Waals surface area (Å²) in [6.45, 7) is 1.07. The number of ether oxygens (including phenoxy) is 1. The van der Waals surface area contributed by atoms with E-state index in [4.69, 9.17) is 4.74 Å². The van der Waals surface area contributed by atoms with Crippen molar-refractivity contribution in [2.24, 2.45) is 0 Å². The Morgan fingerprint density at radius 3 is 2.42 bits per heavy atom. The Kier molecular flexibility index (Phi) is 6.03. The van der Waals surface area contributed by atoms with E-state index in [-0.39, 0.29) is 24.3 Å². The van der Waals surface area contributed by atoms with Gasteiger partial charge in [-0.1, -0.05) is 60.7 Å². The highest BCUT2D eigenvalue weighted by Crippen LogP contribution is 2.21. The number of benzene rings is 2. The molecule has 138 valence electrons. The largest absolute Gasteiger partial charge is 0.370 e. The molecule has 0 aromatic heterocycles. The number of rotatable bonds is 6. The Morgan fingerprint density at radius 2 is 1.73 bits per heavy atom. The maximum Gasteiger partial charge on any atom is 0.237 e. The molecule has 7 heteroatoms. The van der Waals surface area contributed by atoms with E-state index < -0.39 is 10.0 Å². The fourth-order valence-corrected chi connectivity index (χ4v) is 3.95. The molecule has 6 nitrogen and oxygen atoms in total. The van der Waals surface area contributed by atoms with Gasteiger partial charge in [0, 0.05) is 6.54 Å². The van der Waals surface area contributed by atoms with Gasteiger partial charge in [0.05, 0.1) is 25.4 Å². The van der Waals surface area contributed by atoms with Crippen LogP contribution < -0.4 is 4.72 Å². The lowest BCUT2D eigenvalue weighted by molar-refractivity contribution is -0.137. The Labute approximate surface area is 153 Å². The summed E-state index contributed by atoms with van der Waals surface area (Å²) in [6.07, 6.45) is -0.185. The van der Waals surface area contributed by atoms with Gasteiger partial charge in [-0.05, 0) is 11.1 Å². The fraction of sp³-hybridized carbons (Fsp3) is 0.316. The van der Waals surface area contributed by atoms with Crippen molar-refractivity contribution in [1.29, 1.82) is 0 Å². The molecule has 1 aliphatic rings. The third-order valence-electron chi connectivity index (χ3n) is 4.23. The maximum absolute atomic E-state index is 12.4. The highest BCUT2D eigenvalue weighted by Gasteiger charge is 2.26. The van der Waals surface area contributed by atoms with Crippen molar-refractivity contribution >= 4 is 15.9 Å². The summed E-state index contributed by atoms with van der Waals surface area (Å²) < 4.78 is 32.5. The standard InChI is InChI=1S/C19H22N2O4S/c22-19(13-20-26(23,24)15-16-7-3-1-4-8-16)21-11-12-25-18(14-21)17-9-5-2-6-10-17/h1-10,18,20H,11-15H2. The van der Waals surface area contributed by atoms with Crippen LogP contribution in [0.3, 0.4) is 0 Å². The van der Waals surface area contributed by atoms with E-state index in [1.807, 2.05) is 36.4 Å². The summed E-state index contributed by atoms with van der Waals surface area (Å²) in [6, 6.07) is 18.6. The van der Waals surface area contributed by atoms with Crippen molar-refractivity contribution in [3.63, 3.8) is 0 Å². The van der Waals surface area contributed by atoms with Gasteiger partial charge < -0.3 is 9.64 Å². The van der Waals surface area contributed by atoms with Crippen LogP contribution >= 0.6 is 0 Å². The van der Waals surface area contributed by atoms with Gasteiger partial charge in [0.15, 0.2) is 0 Å². The van der Waals surface area contributed by atoms with Gasteiger partial charge in [0.2, 0.25) is 15.9 Å². The van der Waals surface area contributed by atoms with Crippen molar-refractivity contribution in [1.82, 2.24) is 9.62 Å². The van der Waals surface area contributed by atoms with Crippen molar-refractivity contribution in [3.05, 3.63) is 71.8 Å². The van der Waals surface area contributed by atoms with Crippen LogP contribution in [-0.4, -0.2) is 45.5 Å². The van der Waals surface area contributed by atoms with E-state index in [2.05, 4.69) is 4.72 Å². The molecule has 1 amide bonds. The number of hydrogen-bond donors (Lipinski definition) is 1. The van der Waals surface area contributed by atoms with Crippen LogP contribution in [0, 0.1) is 0 Å².